The lowest BCUT2D eigenvalue weighted by atomic mass is 10.1. The first-order chi connectivity index (χ1) is 10.6. The average molecular weight is 337 g/mol. The number of nitrogens with two attached hydrogens (primary N) is 1. The van der Waals surface area contributed by atoms with Gasteiger partial charge in [-0.1, -0.05) is 24.3 Å². The number of carbonyl (C=O) groups excluding carboxylic acids is 1. The molecule has 3 N–H and O–H groups in total. The van der Waals surface area contributed by atoms with Crippen molar-refractivity contribution in [1.82, 2.24) is 5.32 Å². The van der Waals surface area contributed by atoms with E-state index in [0.717, 1.165) is 22.4 Å². The maximum Gasteiger partial charge on any atom is 0.220 e. The van der Waals surface area contributed by atoms with Crippen molar-refractivity contribution in [3.05, 3.63) is 65.0 Å². The average Bonchev–Trinajstić information content (AvgIpc) is 2.49. The molecule has 2 rings (SSSR count). The van der Waals surface area contributed by atoms with Crippen molar-refractivity contribution in [3.63, 3.8) is 0 Å². The third kappa shape index (κ3) is 5.91. The Balaban J connectivity index is 0.00000264. The lowest BCUT2D eigenvalue weighted by Gasteiger charge is -2.08. The molecule has 0 radical (unpaired) electrons. The molecule has 0 saturated heterocycles. The number of amides is 1. The number of carbonyl (C=O) groups is 1. The van der Waals surface area contributed by atoms with Gasteiger partial charge in [0, 0.05) is 18.7 Å². The number of nitrogen functional groups attached to an aromatic ring is 1. The molecular weight excluding hydrogens is 315 g/mol. The lowest BCUT2D eigenvalue weighted by molar-refractivity contribution is -0.121. The fourth-order valence-corrected chi connectivity index (χ4v) is 2.37. The minimum absolute atomic E-state index is 0. The smallest absolute Gasteiger partial charge is 0.220 e. The molecule has 0 fully saturated rings. The first kappa shape index (κ1) is 19.0. The van der Waals surface area contributed by atoms with Crippen LogP contribution in [0.2, 0.25) is 0 Å². The van der Waals surface area contributed by atoms with E-state index < -0.39 is 0 Å². The fourth-order valence-electron chi connectivity index (χ4n) is 2.37. The Bertz CT molecular complexity index is 661. The van der Waals surface area contributed by atoms with Crippen molar-refractivity contribution in [2.24, 2.45) is 0 Å². The van der Waals surface area contributed by atoms with Crippen LogP contribution in [0.1, 0.15) is 23.1 Å². The molecule has 1 amide bonds. The van der Waals surface area contributed by atoms with Gasteiger partial charge < -0.3 is 11.1 Å². The van der Waals surface area contributed by atoms with Crippen LogP contribution >= 0.6 is 12.4 Å². The summed E-state index contributed by atoms with van der Waals surface area (Å²) in [5.74, 6) is -0.228. The van der Waals surface area contributed by atoms with Crippen molar-refractivity contribution >= 4 is 24.0 Å². The molecule has 0 spiro atoms. The zero-order chi connectivity index (χ0) is 15.9. The summed E-state index contributed by atoms with van der Waals surface area (Å²) in [6, 6.07) is 12.3. The van der Waals surface area contributed by atoms with Gasteiger partial charge in [0.15, 0.2) is 0 Å². The van der Waals surface area contributed by atoms with Crippen LogP contribution in [0.3, 0.4) is 0 Å². The lowest BCUT2D eigenvalue weighted by Crippen LogP contribution is -2.26. The van der Waals surface area contributed by atoms with Crippen LogP contribution in [-0.2, 0) is 17.6 Å². The van der Waals surface area contributed by atoms with Crippen LogP contribution in [0, 0.1) is 12.7 Å². The number of benzene rings is 2. The van der Waals surface area contributed by atoms with Gasteiger partial charge in [-0.15, -0.1) is 12.4 Å². The molecule has 0 bridgehead atoms. The molecule has 2 aromatic carbocycles. The molecule has 0 aliphatic carbocycles. The van der Waals surface area contributed by atoms with Gasteiger partial charge in [-0.3, -0.25) is 4.79 Å². The van der Waals surface area contributed by atoms with Gasteiger partial charge in [-0.25, -0.2) is 4.39 Å². The van der Waals surface area contributed by atoms with E-state index in [9.17, 15) is 9.18 Å². The second-order valence-electron chi connectivity index (χ2n) is 5.37. The molecule has 0 atom stereocenters. The monoisotopic (exact) mass is 336 g/mol. The summed E-state index contributed by atoms with van der Waals surface area (Å²) < 4.78 is 13.0. The van der Waals surface area contributed by atoms with E-state index in [4.69, 9.17) is 5.73 Å². The number of anilines is 1. The second-order valence-corrected chi connectivity index (χ2v) is 5.37. The van der Waals surface area contributed by atoms with E-state index in [0.29, 0.717) is 25.8 Å². The molecule has 0 saturated carbocycles. The predicted octanol–water partition coefficient (Wildman–Crippen LogP) is 3.43. The quantitative estimate of drug-likeness (QED) is 0.794. The van der Waals surface area contributed by atoms with E-state index in [1.165, 1.54) is 12.1 Å². The van der Waals surface area contributed by atoms with Gasteiger partial charge in [0.1, 0.15) is 5.82 Å². The van der Waals surface area contributed by atoms with Crippen LogP contribution in [0.4, 0.5) is 10.1 Å². The van der Waals surface area contributed by atoms with Gasteiger partial charge in [-0.2, -0.15) is 0 Å². The Hall–Kier alpha value is -2.07. The largest absolute Gasteiger partial charge is 0.399 e. The van der Waals surface area contributed by atoms with E-state index >= 15 is 0 Å². The highest BCUT2D eigenvalue weighted by molar-refractivity contribution is 5.85. The van der Waals surface area contributed by atoms with Crippen LogP contribution in [0.25, 0.3) is 0 Å². The van der Waals surface area contributed by atoms with E-state index in [2.05, 4.69) is 5.32 Å². The van der Waals surface area contributed by atoms with Crippen molar-refractivity contribution in [3.8, 4) is 0 Å². The number of aryl methyl sites for hydroxylation is 2. The van der Waals surface area contributed by atoms with Gasteiger partial charge in [-0.05, 0) is 54.7 Å². The topological polar surface area (TPSA) is 55.1 Å². The van der Waals surface area contributed by atoms with E-state index in [1.54, 1.807) is 6.07 Å². The maximum absolute atomic E-state index is 13.0. The third-order valence-corrected chi connectivity index (χ3v) is 3.70. The Morgan fingerprint density at radius 3 is 2.57 bits per heavy atom. The van der Waals surface area contributed by atoms with E-state index in [1.807, 2.05) is 31.2 Å². The number of para-hydroxylation sites is 1. The molecule has 0 aliphatic rings. The summed E-state index contributed by atoms with van der Waals surface area (Å²) in [5.41, 5.74) is 9.52. The van der Waals surface area contributed by atoms with Crippen molar-refractivity contribution in [2.45, 2.75) is 26.2 Å². The van der Waals surface area contributed by atoms with Crippen molar-refractivity contribution in [1.29, 1.82) is 0 Å². The first-order valence-corrected chi connectivity index (χ1v) is 7.41. The summed E-state index contributed by atoms with van der Waals surface area (Å²) in [7, 11) is 0. The summed E-state index contributed by atoms with van der Waals surface area (Å²) >= 11 is 0. The number of rotatable bonds is 6. The standard InChI is InChI=1S/C18H21FN2O.ClH/c1-13-12-16(19)8-6-14(13)10-11-21-18(22)9-7-15-4-2-3-5-17(15)20;/h2-6,8,12H,7,9-11,20H2,1H3,(H,21,22);1H. The highest BCUT2D eigenvalue weighted by atomic mass is 35.5. The molecular formula is C18H22ClFN2O. The Morgan fingerprint density at radius 1 is 1.13 bits per heavy atom. The Kier molecular flexibility index (Phi) is 7.55. The summed E-state index contributed by atoms with van der Waals surface area (Å²) in [4.78, 5) is 11.8. The molecule has 5 heteroatoms. The molecule has 3 nitrogen and oxygen atoms in total. The number of halogens is 2. The van der Waals surface area contributed by atoms with Crippen molar-refractivity contribution in [2.75, 3.05) is 12.3 Å². The van der Waals surface area contributed by atoms with Gasteiger partial charge in [0.05, 0.1) is 0 Å². The van der Waals surface area contributed by atoms with Crippen LogP contribution in [-0.4, -0.2) is 12.5 Å². The minimum Gasteiger partial charge on any atom is -0.399 e. The normalized spacial score (nSPS) is 10.0. The zero-order valence-corrected chi connectivity index (χ0v) is 14.0. The first-order valence-electron chi connectivity index (χ1n) is 7.41. The summed E-state index contributed by atoms with van der Waals surface area (Å²) in [6.07, 6.45) is 1.75. The summed E-state index contributed by atoms with van der Waals surface area (Å²) in [6.45, 7) is 2.42. The molecule has 0 aliphatic heterocycles. The Morgan fingerprint density at radius 2 is 1.87 bits per heavy atom. The molecule has 124 valence electrons. The van der Waals surface area contributed by atoms with Crippen LogP contribution < -0.4 is 11.1 Å². The zero-order valence-electron chi connectivity index (χ0n) is 13.1. The van der Waals surface area contributed by atoms with Gasteiger partial charge in [0.25, 0.3) is 0 Å². The van der Waals surface area contributed by atoms with E-state index in [-0.39, 0.29) is 24.1 Å². The molecule has 0 heterocycles. The number of nitrogens with one attached hydrogen (secondary N) is 1. The Labute approximate surface area is 142 Å². The van der Waals surface area contributed by atoms with Crippen LogP contribution in [0.5, 0.6) is 0 Å². The van der Waals surface area contributed by atoms with Gasteiger partial charge in [0.2, 0.25) is 5.91 Å². The maximum atomic E-state index is 13.0. The second kappa shape index (κ2) is 9.16. The number of hydrogen-bond acceptors (Lipinski definition) is 2. The molecule has 23 heavy (non-hydrogen) atoms. The highest BCUT2D eigenvalue weighted by Crippen LogP contribution is 2.13. The molecule has 0 aromatic heterocycles. The highest BCUT2D eigenvalue weighted by Gasteiger charge is 2.05. The SMILES string of the molecule is Cc1cc(F)ccc1CCNC(=O)CCc1ccccc1N.Cl. The fraction of sp³-hybridized carbons (Fsp3) is 0.278. The van der Waals surface area contributed by atoms with Gasteiger partial charge >= 0.3 is 0 Å². The number of hydrogen-bond donors (Lipinski definition) is 2. The van der Waals surface area contributed by atoms with Crippen molar-refractivity contribution < 1.29 is 9.18 Å². The summed E-state index contributed by atoms with van der Waals surface area (Å²) in [5, 5.41) is 2.89. The molecule has 0 unspecified atom stereocenters. The third-order valence-electron chi connectivity index (χ3n) is 3.70. The van der Waals surface area contributed by atoms with Crippen LogP contribution in [0.15, 0.2) is 42.5 Å². The minimum atomic E-state index is -0.231. The predicted molar refractivity (Wildman–Crippen MR) is 94.3 cm³/mol. The molecule has 2 aromatic rings.